The van der Waals surface area contributed by atoms with Crippen LogP contribution in [0.25, 0.3) is 104 Å². The Labute approximate surface area is 328 Å². The fourth-order valence-corrected chi connectivity index (χ4v) is 9.45. The minimum Gasteiger partial charge on any atom is -0.309 e. The fraction of sp³-hybridized carbons (Fsp3) is 0. The van der Waals surface area contributed by atoms with Crippen molar-refractivity contribution in [2.45, 2.75) is 0 Å². The number of hydrogen-bond donors (Lipinski definition) is 0. The zero-order valence-corrected chi connectivity index (χ0v) is 31.1. The van der Waals surface area contributed by atoms with Gasteiger partial charge in [0.1, 0.15) is 0 Å². The lowest BCUT2D eigenvalue weighted by Crippen LogP contribution is -1.96. The standard InChI is InChI=1S/C52H33N3S/c1-4-16-34(17-5-1)43-31-39(32-44-41-24-11-13-29-49(41)56-51(43)44)55-47-27-12-10-25-42(47)50-40(26-15-28-48(50)55)37-22-14-23-38(30-37)52-53-45(35-18-6-2-7-19-35)33-46(54-52)36-20-8-3-9-21-36/h1-33H. The molecule has 0 atom stereocenters. The molecule has 0 saturated heterocycles. The van der Waals surface area contributed by atoms with Crippen molar-refractivity contribution in [2.75, 3.05) is 0 Å². The van der Waals surface area contributed by atoms with Crippen LogP contribution < -0.4 is 0 Å². The van der Waals surface area contributed by atoms with E-state index in [-0.39, 0.29) is 0 Å². The van der Waals surface area contributed by atoms with Crippen LogP contribution in [0.1, 0.15) is 0 Å². The van der Waals surface area contributed by atoms with Crippen LogP contribution in [0.3, 0.4) is 0 Å². The second kappa shape index (κ2) is 13.3. The second-order valence-corrected chi connectivity index (χ2v) is 15.2. The first-order valence-electron chi connectivity index (χ1n) is 18.9. The number of hydrogen-bond acceptors (Lipinski definition) is 3. The van der Waals surface area contributed by atoms with E-state index in [1.165, 1.54) is 58.7 Å². The zero-order valence-electron chi connectivity index (χ0n) is 30.3. The molecule has 56 heavy (non-hydrogen) atoms. The molecule has 8 aromatic carbocycles. The maximum Gasteiger partial charge on any atom is 0.160 e. The van der Waals surface area contributed by atoms with Crippen molar-refractivity contribution in [1.29, 1.82) is 0 Å². The molecule has 0 radical (unpaired) electrons. The molecule has 0 saturated carbocycles. The summed E-state index contributed by atoms with van der Waals surface area (Å²) in [6.07, 6.45) is 0. The average molecular weight is 732 g/mol. The van der Waals surface area contributed by atoms with Crippen LogP contribution in [-0.4, -0.2) is 14.5 Å². The Balaban J connectivity index is 1.12. The third kappa shape index (κ3) is 5.42. The molecule has 262 valence electrons. The molecule has 0 bridgehead atoms. The van der Waals surface area contributed by atoms with Gasteiger partial charge >= 0.3 is 0 Å². The maximum absolute atomic E-state index is 5.15. The number of aromatic nitrogens is 3. The van der Waals surface area contributed by atoms with E-state index in [9.17, 15) is 0 Å². The van der Waals surface area contributed by atoms with Gasteiger partial charge in [0.25, 0.3) is 0 Å². The third-order valence-corrected chi connectivity index (χ3v) is 12.0. The zero-order chi connectivity index (χ0) is 37.0. The SMILES string of the molecule is c1ccc(-c2cc(-c3ccccc3)nc(-c3cccc(-c4cccc5c4c4ccccc4n5-c4cc(-c5ccccc5)c5sc6ccccc6c5c4)c3)n2)cc1. The maximum atomic E-state index is 5.15. The van der Waals surface area contributed by atoms with Crippen LogP contribution in [0.4, 0.5) is 0 Å². The Hall–Kier alpha value is -7.14. The van der Waals surface area contributed by atoms with Gasteiger partial charge in [0.15, 0.2) is 5.82 Å². The van der Waals surface area contributed by atoms with E-state index < -0.39 is 0 Å². The number of thiophene rings is 1. The number of nitrogens with zero attached hydrogens (tertiary/aromatic N) is 3. The number of para-hydroxylation sites is 1. The highest BCUT2D eigenvalue weighted by Crippen LogP contribution is 2.44. The van der Waals surface area contributed by atoms with E-state index >= 15 is 0 Å². The van der Waals surface area contributed by atoms with Gasteiger partial charge in [-0.1, -0.05) is 158 Å². The van der Waals surface area contributed by atoms with Crippen molar-refractivity contribution in [2.24, 2.45) is 0 Å². The summed E-state index contributed by atoms with van der Waals surface area (Å²) < 4.78 is 5.07. The lowest BCUT2D eigenvalue weighted by molar-refractivity contribution is 1.18. The predicted octanol–water partition coefficient (Wildman–Crippen LogP) is 14.3. The highest BCUT2D eigenvalue weighted by atomic mass is 32.1. The van der Waals surface area contributed by atoms with Crippen molar-refractivity contribution in [1.82, 2.24) is 14.5 Å². The van der Waals surface area contributed by atoms with Crippen molar-refractivity contribution < 1.29 is 0 Å². The van der Waals surface area contributed by atoms with Gasteiger partial charge in [0.2, 0.25) is 0 Å². The van der Waals surface area contributed by atoms with Crippen LogP contribution in [0.15, 0.2) is 200 Å². The van der Waals surface area contributed by atoms with Gasteiger partial charge in [0.05, 0.1) is 22.4 Å². The molecule has 0 spiro atoms. The quantitative estimate of drug-likeness (QED) is 0.170. The molecular weight excluding hydrogens is 699 g/mol. The fourth-order valence-electron chi connectivity index (χ4n) is 8.23. The molecule has 11 aromatic rings. The van der Waals surface area contributed by atoms with Gasteiger partial charge in [0, 0.05) is 58.9 Å². The Kier molecular flexibility index (Phi) is 7.68. The molecule has 0 N–H and O–H groups in total. The van der Waals surface area contributed by atoms with Crippen LogP contribution in [-0.2, 0) is 0 Å². The Morgan fingerprint density at radius 2 is 0.946 bits per heavy atom. The molecular formula is C52H33N3S. The Morgan fingerprint density at radius 3 is 1.68 bits per heavy atom. The molecule has 11 rings (SSSR count). The van der Waals surface area contributed by atoms with Gasteiger partial charge in [-0.2, -0.15) is 0 Å². The van der Waals surface area contributed by atoms with Gasteiger partial charge in [-0.25, -0.2) is 9.97 Å². The number of fused-ring (bicyclic) bond motifs is 6. The van der Waals surface area contributed by atoms with Gasteiger partial charge in [-0.3, -0.25) is 0 Å². The van der Waals surface area contributed by atoms with Crippen molar-refractivity contribution in [3.8, 4) is 61.8 Å². The Bertz CT molecular complexity index is 3180. The smallest absolute Gasteiger partial charge is 0.160 e. The molecule has 4 heteroatoms. The summed E-state index contributed by atoms with van der Waals surface area (Å²) in [5.74, 6) is 0.700. The van der Waals surface area contributed by atoms with Crippen molar-refractivity contribution in [3.05, 3.63) is 200 Å². The largest absolute Gasteiger partial charge is 0.309 e. The summed E-state index contributed by atoms with van der Waals surface area (Å²) in [6.45, 7) is 0. The number of benzene rings is 8. The summed E-state index contributed by atoms with van der Waals surface area (Å²) in [7, 11) is 0. The first kappa shape index (κ1) is 32.3. The molecule has 0 unspecified atom stereocenters. The summed E-state index contributed by atoms with van der Waals surface area (Å²) in [6, 6.07) is 71.4. The molecule has 0 amide bonds. The summed E-state index contributed by atoms with van der Waals surface area (Å²) in [4.78, 5) is 10.3. The topological polar surface area (TPSA) is 30.7 Å². The van der Waals surface area contributed by atoms with E-state index in [0.29, 0.717) is 5.82 Å². The van der Waals surface area contributed by atoms with Gasteiger partial charge in [-0.05, 0) is 59.2 Å². The molecule has 0 aliphatic rings. The highest BCUT2D eigenvalue weighted by molar-refractivity contribution is 7.26. The summed E-state index contributed by atoms with van der Waals surface area (Å²) >= 11 is 1.88. The van der Waals surface area contributed by atoms with E-state index in [4.69, 9.17) is 9.97 Å². The molecule has 3 aromatic heterocycles. The second-order valence-electron chi connectivity index (χ2n) is 14.2. The van der Waals surface area contributed by atoms with Crippen LogP contribution in [0, 0.1) is 0 Å². The molecule has 0 fully saturated rings. The molecule has 0 aliphatic heterocycles. The van der Waals surface area contributed by atoms with E-state index in [1.54, 1.807) is 0 Å². The predicted molar refractivity (Wildman–Crippen MR) is 236 cm³/mol. The minimum atomic E-state index is 0.700. The first-order valence-corrected chi connectivity index (χ1v) is 19.7. The van der Waals surface area contributed by atoms with E-state index in [0.717, 1.165) is 39.3 Å². The number of rotatable bonds is 6. The normalized spacial score (nSPS) is 11.6. The van der Waals surface area contributed by atoms with Crippen LogP contribution in [0.2, 0.25) is 0 Å². The molecule has 3 heterocycles. The monoisotopic (exact) mass is 731 g/mol. The first-order chi connectivity index (χ1) is 27.8. The van der Waals surface area contributed by atoms with Crippen LogP contribution in [0.5, 0.6) is 0 Å². The minimum absolute atomic E-state index is 0.700. The van der Waals surface area contributed by atoms with E-state index in [1.807, 2.05) is 23.5 Å². The van der Waals surface area contributed by atoms with Crippen molar-refractivity contribution >= 4 is 53.3 Å². The molecule has 0 aliphatic carbocycles. The highest BCUT2D eigenvalue weighted by Gasteiger charge is 2.20. The van der Waals surface area contributed by atoms with Gasteiger partial charge in [-0.15, -0.1) is 11.3 Å². The average Bonchev–Trinajstić information content (AvgIpc) is 3.83. The Morgan fingerprint density at radius 1 is 0.375 bits per heavy atom. The summed E-state index contributed by atoms with van der Waals surface area (Å²) in [5, 5.41) is 5.01. The van der Waals surface area contributed by atoms with Crippen LogP contribution >= 0.6 is 11.3 Å². The third-order valence-electron chi connectivity index (χ3n) is 10.8. The van der Waals surface area contributed by atoms with Gasteiger partial charge < -0.3 is 4.57 Å². The lowest BCUT2D eigenvalue weighted by atomic mass is 9.97. The summed E-state index contributed by atoms with van der Waals surface area (Å²) in [5.41, 5.74) is 13.2. The van der Waals surface area contributed by atoms with E-state index in [2.05, 4.69) is 193 Å². The van der Waals surface area contributed by atoms with Crippen molar-refractivity contribution in [3.63, 3.8) is 0 Å². The lowest BCUT2D eigenvalue weighted by Gasteiger charge is -2.13. The molecule has 3 nitrogen and oxygen atoms in total.